The molecule has 1 heterocycles. The first kappa shape index (κ1) is 12.0. The van der Waals surface area contributed by atoms with E-state index >= 15 is 0 Å². The second-order valence-electron chi connectivity index (χ2n) is 4.37. The number of aromatic nitrogens is 3. The summed E-state index contributed by atoms with van der Waals surface area (Å²) in [5.74, 6) is -0.416. The second-order valence-corrected chi connectivity index (χ2v) is 4.80. The molecular weight excluding hydrogens is 243 g/mol. The molecule has 6 heteroatoms. The Morgan fingerprint density at radius 3 is 2.71 bits per heavy atom. The minimum atomic E-state index is -0.618. The normalized spacial score (nSPS) is 11.8. The number of halogens is 2. The van der Waals surface area contributed by atoms with Crippen LogP contribution < -0.4 is 5.73 Å². The molecule has 90 valence electrons. The smallest absolute Gasteiger partial charge is 0.149 e. The van der Waals surface area contributed by atoms with Gasteiger partial charge >= 0.3 is 0 Å². The maximum absolute atomic E-state index is 13.6. The number of nitrogens with two attached hydrogens (primary N) is 1. The summed E-state index contributed by atoms with van der Waals surface area (Å²) in [4.78, 5) is 0. The first-order chi connectivity index (χ1) is 7.88. The Morgan fingerprint density at radius 1 is 1.41 bits per heavy atom. The molecule has 0 spiro atoms. The Bertz CT molecular complexity index is 545. The predicted molar refractivity (Wildman–Crippen MR) is 63.5 cm³/mol. The van der Waals surface area contributed by atoms with Crippen LogP contribution in [-0.4, -0.2) is 15.0 Å². The van der Waals surface area contributed by atoms with Crippen molar-refractivity contribution < 1.29 is 4.39 Å². The number of rotatable bonds is 2. The number of hydrogen-bond acceptors (Lipinski definition) is 3. The molecule has 0 radical (unpaired) electrons. The fourth-order valence-electron chi connectivity index (χ4n) is 1.34. The van der Waals surface area contributed by atoms with E-state index in [9.17, 15) is 4.39 Å². The topological polar surface area (TPSA) is 56.7 Å². The van der Waals surface area contributed by atoms with Crippen LogP contribution in [0, 0.1) is 5.82 Å². The lowest BCUT2D eigenvalue weighted by Crippen LogP contribution is -2.29. The van der Waals surface area contributed by atoms with Crippen molar-refractivity contribution in [3.63, 3.8) is 0 Å². The lowest BCUT2D eigenvalue weighted by molar-refractivity contribution is 0.533. The summed E-state index contributed by atoms with van der Waals surface area (Å²) in [6, 6.07) is 4.25. The Kier molecular flexibility index (Phi) is 2.89. The van der Waals surface area contributed by atoms with Gasteiger partial charge in [-0.3, -0.25) is 0 Å². The SMILES string of the molecule is CC(C)(N)c1cn(-c2cc(Cl)ccc2F)nn1. The lowest BCUT2D eigenvalue weighted by Gasteiger charge is -2.13. The monoisotopic (exact) mass is 254 g/mol. The standard InChI is InChI=1S/C11H12ClFN4/c1-11(2,14)10-6-17(16-15-10)9-5-7(12)3-4-8(9)13/h3-6H,14H2,1-2H3. The second kappa shape index (κ2) is 4.09. The Hall–Kier alpha value is -1.46. The first-order valence-corrected chi connectivity index (χ1v) is 5.43. The molecule has 1 aromatic carbocycles. The highest BCUT2D eigenvalue weighted by Gasteiger charge is 2.19. The highest BCUT2D eigenvalue weighted by Crippen LogP contribution is 2.20. The summed E-state index contributed by atoms with van der Waals surface area (Å²) in [5.41, 5.74) is 6.09. The van der Waals surface area contributed by atoms with E-state index in [4.69, 9.17) is 17.3 Å². The molecule has 0 saturated heterocycles. The summed E-state index contributed by atoms with van der Waals surface area (Å²) in [5, 5.41) is 8.19. The van der Waals surface area contributed by atoms with Crippen molar-refractivity contribution >= 4 is 11.6 Å². The number of hydrogen-bond donors (Lipinski definition) is 1. The average molecular weight is 255 g/mol. The minimum Gasteiger partial charge on any atom is -0.320 e. The molecular formula is C11H12ClFN4. The Labute approximate surface area is 103 Å². The molecule has 0 unspecified atom stereocenters. The molecule has 0 fully saturated rings. The van der Waals surface area contributed by atoms with Crippen LogP contribution in [0.15, 0.2) is 24.4 Å². The Morgan fingerprint density at radius 2 is 2.12 bits per heavy atom. The third kappa shape index (κ3) is 2.45. The van der Waals surface area contributed by atoms with Crippen molar-refractivity contribution in [3.05, 3.63) is 40.9 Å². The van der Waals surface area contributed by atoms with Crippen molar-refractivity contribution in [2.45, 2.75) is 19.4 Å². The molecule has 0 aliphatic carbocycles. The summed E-state index contributed by atoms with van der Waals surface area (Å²) >= 11 is 5.81. The van der Waals surface area contributed by atoms with Crippen molar-refractivity contribution in [2.24, 2.45) is 5.73 Å². The largest absolute Gasteiger partial charge is 0.320 e. The molecule has 0 atom stereocenters. The van der Waals surface area contributed by atoms with Crippen LogP contribution >= 0.6 is 11.6 Å². The summed E-state index contributed by atoms with van der Waals surface area (Å²) in [6.45, 7) is 3.60. The Balaban J connectivity index is 2.47. The van der Waals surface area contributed by atoms with Gasteiger partial charge in [-0.05, 0) is 32.0 Å². The van der Waals surface area contributed by atoms with Crippen LogP contribution in [0.5, 0.6) is 0 Å². The highest BCUT2D eigenvalue weighted by atomic mass is 35.5. The van der Waals surface area contributed by atoms with Crippen molar-refractivity contribution in [3.8, 4) is 5.69 Å². The predicted octanol–water partition coefficient (Wildman–Crippen LogP) is 2.25. The molecule has 0 saturated carbocycles. The molecule has 0 aliphatic rings. The molecule has 0 amide bonds. The maximum Gasteiger partial charge on any atom is 0.149 e. The van der Waals surface area contributed by atoms with Gasteiger partial charge in [0.1, 0.15) is 17.2 Å². The molecule has 0 bridgehead atoms. The van der Waals surface area contributed by atoms with Gasteiger partial charge in [-0.2, -0.15) is 0 Å². The van der Waals surface area contributed by atoms with Gasteiger partial charge in [0, 0.05) is 5.02 Å². The van der Waals surface area contributed by atoms with Gasteiger partial charge in [0.15, 0.2) is 0 Å². The number of benzene rings is 1. The lowest BCUT2D eigenvalue weighted by atomic mass is 10.0. The average Bonchev–Trinajstić information content (AvgIpc) is 2.70. The fraction of sp³-hybridized carbons (Fsp3) is 0.273. The maximum atomic E-state index is 13.6. The van der Waals surface area contributed by atoms with Gasteiger partial charge in [0.25, 0.3) is 0 Å². The third-order valence-corrected chi connectivity index (χ3v) is 2.54. The van der Waals surface area contributed by atoms with Crippen LogP contribution in [0.3, 0.4) is 0 Å². The van der Waals surface area contributed by atoms with E-state index in [2.05, 4.69) is 10.3 Å². The van der Waals surface area contributed by atoms with E-state index in [-0.39, 0.29) is 5.69 Å². The van der Waals surface area contributed by atoms with E-state index in [1.807, 2.05) is 0 Å². The van der Waals surface area contributed by atoms with Gasteiger partial charge < -0.3 is 5.73 Å². The van der Waals surface area contributed by atoms with Crippen molar-refractivity contribution in [1.82, 2.24) is 15.0 Å². The van der Waals surface area contributed by atoms with Gasteiger partial charge in [-0.25, -0.2) is 9.07 Å². The van der Waals surface area contributed by atoms with Crippen molar-refractivity contribution in [1.29, 1.82) is 0 Å². The molecule has 2 rings (SSSR count). The molecule has 2 N–H and O–H groups in total. The van der Waals surface area contributed by atoms with Gasteiger partial charge in [-0.15, -0.1) is 5.10 Å². The van der Waals surface area contributed by atoms with Crippen molar-refractivity contribution in [2.75, 3.05) is 0 Å². The fourth-order valence-corrected chi connectivity index (χ4v) is 1.50. The summed E-state index contributed by atoms with van der Waals surface area (Å²) in [7, 11) is 0. The molecule has 4 nitrogen and oxygen atoms in total. The van der Waals surface area contributed by atoms with Crippen LogP contribution in [0.2, 0.25) is 5.02 Å². The van der Waals surface area contributed by atoms with E-state index in [0.717, 1.165) is 0 Å². The van der Waals surface area contributed by atoms with Gasteiger partial charge in [0.05, 0.1) is 11.7 Å². The van der Waals surface area contributed by atoms with E-state index in [0.29, 0.717) is 10.7 Å². The van der Waals surface area contributed by atoms with Crippen LogP contribution in [0.1, 0.15) is 19.5 Å². The van der Waals surface area contributed by atoms with Crippen LogP contribution in [0.4, 0.5) is 4.39 Å². The highest BCUT2D eigenvalue weighted by molar-refractivity contribution is 6.30. The van der Waals surface area contributed by atoms with E-state index < -0.39 is 11.4 Å². The third-order valence-electron chi connectivity index (χ3n) is 2.31. The van der Waals surface area contributed by atoms with E-state index in [1.54, 1.807) is 20.0 Å². The molecule has 0 aliphatic heterocycles. The van der Waals surface area contributed by atoms with E-state index in [1.165, 1.54) is 22.9 Å². The molecule has 17 heavy (non-hydrogen) atoms. The van der Waals surface area contributed by atoms with Gasteiger partial charge in [-0.1, -0.05) is 16.8 Å². The zero-order valence-electron chi connectivity index (χ0n) is 9.48. The minimum absolute atomic E-state index is 0.250. The molecule has 1 aromatic heterocycles. The zero-order valence-corrected chi connectivity index (χ0v) is 10.2. The first-order valence-electron chi connectivity index (χ1n) is 5.05. The number of nitrogens with zero attached hydrogens (tertiary/aromatic N) is 3. The van der Waals surface area contributed by atoms with Crippen LogP contribution in [-0.2, 0) is 5.54 Å². The quantitative estimate of drug-likeness (QED) is 0.894. The molecule has 2 aromatic rings. The zero-order chi connectivity index (χ0) is 12.6. The summed E-state index contributed by atoms with van der Waals surface area (Å²) < 4.78 is 14.9. The van der Waals surface area contributed by atoms with Gasteiger partial charge in [0.2, 0.25) is 0 Å². The summed E-state index contributed by atoms with van der Waals surface area (Å²) in [6.07, 6.45) is 1.59. The van der Waals surface area contributed by atoms with Crippen LogP contribution in [0.25, 0.3) is 5.69 Å².